The second kappa shape index (κ2) is 21.4. The summed E-state index contributed by atoms with van der Waals surface area (Å²) in [6.07, 6.45) is 0. The summed E-state index contributed by atoms with van der Waals surface area (Å²) >= 11 is -22.5. The van der Waals surface area contributed by atoms with E-state index in [1.807, 2.05) is 60.7 Å². The standard InChI is InChI=1S/C44H32OP2.C10H14.12FH.Os.2Sb/c45-47(37-23-9-3-10-24-37,38-25-11-4-12-26-38)42-32-30-34-18-14-16-28-40(34)44(42)43-39-27-15-13-17-33(39)29-31-41(43)46(35-19-5-1-6-20-35)36-21-7-2-8-22-36;1-8(2)10-6-4-9(3)5-7-10;;;;;;;;;;;;;;;/h1-32H;4-8H,1-3H3;12*1H;;;/q;;;;;;;;;;;;;;+2;2*+5/p-12. The first-order valence-corrected chi connectivity index (χ1v) is 36.3. The summed E-state index contributed by atoms with van der Waals surface area (Å²) in [5, 5.41) is 10.9. The molecule has 0 spiro atoms. The van der Waals surface area contributed by atoms with Crippen LogP contribution in [-0.4, -0.2) is 39.0 Å². The van der Waals surface area contributed by atoms with Gasteiger partial charge >= 0.3 is 92.5 Å². The molecule has 0 saturated heterocycles. The minimum absolute atomic E-state index is 0. The Balaban J connectivity index is 0.000000317. The molecule has 0 aliphatic carbocycles. The van der Waals surface area contributed by atoms with Crippen LogP contribution in [0.25, 0.3) is 32.7 Å². The Labute approximate surface area is 429 Å². The molecular formula is C54H46F12OOsP2Sb2. The monoisotopic (exact) mass is 1430 g/mol. The summed E-state index contributed by atoms with van der Waals surface area (Å²) in [5.41, 5.74) is 4.96. The third-order valence-electron chi connectivity index (χ3n) is 10.7. The Morgan fingerprint density at radius 1 is 0.403 bits per heavy atom. The van der Waals surface area contributed by atoms with Gasteiger partial charge in [0, 0.05) is 21.5 Å². The first-order chi connectivity index (χ1) is 32.8. The van der Waals surface area contributed by atoms with Crippen molar-refractivity contribution in [1.29, 1.82) is 0 Å². The van der Waals surface area contributed by atoms with Gasteiger partial charge < -0.3 is 4.57 Å². The first kappa shape index (κ1) is 58.5. The predicted octanol–water partition coefficient (Wildman–Crippen LogP) is 16.5. The second-order valence-corrected chi connectivity index (χ2v) is 32.5. The van der Waals surface area contributed by atoms with Crippen LogP contribution in [0.1, 0.15) is 30.9 Å². The molecule has 0 aliphatic heterocycles. The van der Waals surface area contributed by atoms with Crippen LogP contribution in [0.4, 0.5) is 33.8 Å². The summed E-state index contributed by atoms with van der Waals surface area (Å²) < 4.78 is 135. The van der Waals surface area contributed by atoms with Crippen molar-refractivity contribution in [2.24, 2.45) is 0 Å². The zero-order valence-corrected chi connectivity index (χ0v) is 47.9. The zero-order valence-electron chi connectivity index (χ0n) is 38.4. The molecule has 0 radical (unpaired) electrons. The topological polar surface area (TPSA) is 17.1 Å². The van der Waals surface area contributed by atoms with Gasteiger partial charge in [-0.3, -0.25) is 0 Å². The van der Waals surface area contributed by atoms with Gasteiger partial charge in [-0.1, -0.05) is 232 Å². The number of halogens is 12. The molecule has 0 fully saturated rings. The second-order valence-electron chi connectivity index (χ2n) is 16.6. The fourth-order valence-electron chi connectivity index (χ4n) is 7.73. The molecule has 0 saturated carbocycles. The van der Waals surface area contributed by atoms with Crippen LogP contribution in [-0.2, 0) is 24.4 Å². The molecule has 1 nitrogen and oxygen atoms in total. The van der Waals surface area contributed by atoms with Crippen LogP contribution >= 0.6 is 15.1 Å². The number of fused-ring (bicyclic) bond motifs is 2. The number of rotatable bonds is 8. The average Bonchev–Trinajstić information content (AvgIpc) is 3.31. The van der Waals surface area contributed by atoms with Gasteiger partial charge in [-0.05, 0) is 75.4 Å². The van der Waals surface area contributed by atoms with Crippen molar-refractivity contribution in [1.82, 2.24) is 0 Å². The molecule has 0 N–H and O–H groups in total. The Kier molecular flexibility index (Phi) is 17.4. The van der Waals surface area contributed by atoms with Gasteiger partial charge in [0.1, 0.15) is 0 Å². The van der Waals surface area contributed by atoms with E-state index in [4.69, 9.17) is 0 Å². The maximum atomic E-state index is 16.2. The van der Waals surface area contributed by atoms with Crippen molar-refractivity contribution in [2.45, 2.75) is 26.7 Å². The van der Waals surface area contributed by atoms with Gasteiger partial charge in [0.05, 0.1) is 0 Å². The molecular weight excluding hydrogens is 1390 g/mol. The minimum Gasteiger partial charge on any atom is 2.00 e. The summed E-state index contributed by atoms with van der Waals surface area (Å²) in [6.45, 7) is 6.54. The Morgan fingerprint density at radius 2 is 0.736 bits per heavy atom. The Hall–Kier alpha value is -4.41. The van der Waals surface area contributed by atoms with Crippen molar-refractivity contribution in [3.05, 3.63) is 230 Å². The van der Waals surface area contributed by atoms with E-state index in [0.29, 0.717) is 5.92 Å². The zero-order chi connectivity index (χ0) is 52.0. The van der Waals surface area contributed by atoms with Crippen molar-refractivity contribution in [3.8, 4) is 11.1 Å². The van der Waals surface area contributed by atoms with Crippen LogP contribution < -0.4 is 31.8 Å². The van der Waals surface area contributed by atoms with E-state index >= 15 is 4.57 Å². The van der Waals surface area contributed by atoms with Crippen molar-refractivity contribution < 1.29 is 58.1 Å². The van der Waals surface area contributed by atoms with Gasteiger partial charge in [0.2, 0.25) is 0 Å². The number of aryl methyl sites for hydroxylation is 1. The molecule has 380 valence electrons. The number of benzene rings is 9. The van der Waals surface area contributed by atoms with Gasteiger partial charge in [-0.25, -0.2) is 0 Å². The smallest absolute Gasteiger partial charge is 2.00 e. The van der Waals surface area contributed by atoms with E-state index in [1.54, 1.807) is 0 Å². The maximum Gasteiger partial charge on any atom is 2.00 e. The fraction of sp³-hybridized carbons (Fsp3) is 0.0741. The molecule has 9 rings (SSSR count). The van der Waals surface area contributed by atoms with E-state index in [0.717, 1.165) is 48.6 Å². The molecule has 0 unspecified atom stereocenters. The molecule has 9 aromatic rings. The van der Waals surface area contributed by atoms with E-state index in [2.05, 4.69) is 178 Å². The SMILES string of the molecule is Cc1ccc(C(C)C)cc1.O=P(c1ccccc1)(c1ccccc1)c1ccc2ccccc2c1-c1c(P(c2ccccc2)c2ccccc2)ccc2ccccc12.[F][Sb-]([F])([F])([F])([F])[F].[F][Sb-]([F])([F])([F])([F])[F].[Os+2]. The third kappa shape index (κ3) is 17.9. The normalized spacial score (nSPS) is 13.6. The molecule has 9 aromatic carbocycles. The van der Waals surface area contributed by atoms with Gasteiger partial charge in [-0.2, -0.15) is 0 Å². The molecule has 0 atom stereocenters. The van der Waals surface area contributed by atoms with Crippen molar-refractivity contribution in [3.63, 3.8) is 0 Å². The molecule has 72 heavy (non-hydrogen) atoms. The molecule has 18 heteroatoms. The average molecular weight is 1430 g/mol. The summed E-state index contributed by atoms with van der Waals surface area (Å²) in [5.74, 6) is 0.653. The molecule has 0 heterocycles. The number of hydrogen-bond donors (Lipinski definition) is 0. The molecule has 0 amide bonds. The quantitative estimate of drug-likeness (QED) is 0.0842. The van der Waals surface area contributed by atoms with Crippen LogP contribution in [0, 0.1) is 6.92 Å². The largest absolute Gasteiger partial charge is 2.00 e. The first-order valence-electron chi connectivity index (χ1n) is 21.7. The van der Waals surface area contributed by atoms with E-state index < -0.39 is 54.0 Å². The predicted molar refractivity (Wildman–Crippen MR) is 275 cm³/mol. The van der Waals surface area contributed by atoms with Crippen molar-refractivity contribution in [2.75, 3.05) is 0 Å². The van der Waals surface area contributed by atoms with Crippen LogP contribution in [0.3, 0.4) is 0 Å². The number of hydrogen-bond acceptors (Lipinski definition) is 1. The van der Waals surface area contributed by atoms with E-state index in [-0.39, 0.29) is 19.8 Å². The maximum absolute atomic E-state index is 16.2. The summed E-state index contributed by atoms with van der Waals surface area (Å²) in [4.78, 5) is 0. The molecule has 0 aromatic heterocycles. The van der Waals surface area contributed by atoms with E-state index in [1.165, 1.54) is 27.0 Å². The van der Waals surface area contributed by atoms with Gasteiger partial charge in [0.15, 0.2) is 7.14 Å². The third-order valence-corrected chi connectivity index (χ3v) is 16.2. The fourth-order valence-corrected chi connectivity index (χ4v) is 13.1. The molecule has 0 bridgehead atoms. The minimum atomic E-state index is -11.2. The van der Waals surface area contributed by atoms with E-state index in [9.17, 15) is 33.8 Å². The molecule has 0 aliphatic rings. The van der Waals surface area contributed by atoms with Gasteiger partial charge in [-0.15, -0.1) is 0 Å². The van der Waals surface area contributed by atoms with Crippen LogP contribution in [0.5, 0.6) is 0 Å². The Morgan fingerprint density at radius 3 is 1.12 bits per heavy atom. The summed E-state index contributed by atoms with van der Waals surface area (Å²) in [7, 11) is -4.31. The van der Waals surface area contributed by atoms with Gasteiger partial charge in [0.25, 0.3) is 0 Å². The Bertz CT molecular complexity index is 3170. The van der Waals surface area contributed by atoms with Crippen molar-refractivity contribution >= 4 is 107 Å². The summed E-state index contributed by atoms with van der Waals surface area (Å²) in [6, 6.07) is 76.6. The van der Waals surface area contributed by atoms with Crippen LogP contribution in [0.15, 0.2) is 218 Å². The van der Waals surface area contributed by atoms with Crippen LogP contribution in [0.2, 0.25) is 0 Å².